The standard InChI is InChI=1S/C35H41FN6O5/c1-3-22-15-23(8-7-21(22)2)38-31-18-32(43)41(35(47)39-31)13-6-4-5-12-37-24-11-14-40(19-24)30-17-29-26(16-28(30)36)33(44)27(34(45)46)20-42(29)25-9-10-25/h7-8,15-18,20,24-25,37-38H,3-6,9-14,19H2,1-2H3,(H,39,47)(H,45,46). The predicted octanol–water partition coefficient (Wildman–Crippen LogP) is 4.68. The van der Waals surface area contributed by atoms with Crippen LogP contribution in [0.2, 0.25) is 0 Å². The van der Waals surface area contributed by atoms with Gasteiger partial charge in [-0.05, 0) is 87.4 Å². The number of nitrogens with one attached hydrogen (secondary N) is 3. The lowest BCUT2D eigenvalue weighted by Crippen LogP contribution is -2.35. The SMILES string of the molecule is CCc1cc(Nc2cc(=O)n(CCCCCNC3CCN(c4cc5c(cc4F)c(=O)c(C(=O)O)cn5C4CC4)C3)c(=O)[nH]2)ccc1C. The lowest BCUT2D eigenvalue weighted by Gasteiger charge is -2.21. The molecule has 1 aliphatic heterocycles. The Labute approximate surface area is 271 Å². The number of pyridine rings is 1. The van der Waals surface area contributed by atoms with Crippen molar-refractivity contribution >= 4 is 34.1 Å². The van der Waals surface area contributed by atoms with Crippen molar-refractivity contribution in [1.29, 1.82) is 0 Å². The third-order valence-electron chi connectivity index (χ3n) is 9.32. The number of aromatic carboxylic acids is 1. The molecule has 2 aromatic carbocycles. The fourth-order valence-electron chi connectivity index (χ4n) is 6.52. The topological polar surface area (TPSA) is 141 Å². The Bertz CT molecular complexity index is 1960. The summed E-state index contributed by atoms with van der Waals surface area (Å²) in [7, 11) is 0. The summed E-state index contributed by atoms with van der Waals surface area (Å²) in [5.41, 5.74) is 2.40. The number of anilines is 3. The third kappa shape index (κ3) is 7.02. The average Bonchev–Trinajstić information content (AvgIpc) is 3.78. The second-order valence-electron chi connectivity index (χ2n) is 12.7. The number of benzene rings is 2. The molecule has 47 heavy (non-hydrogen) atoms. The van der Waals surface area contributed by atoms with Gasteiger partial charge in [0.15, 0.2) is 0 Å². The molecule has 3 heterocycles. The predicted molar refractivity (Wildman–Crippen MR) is 181 cm³/mol. The van der Waals surface area contributed by atoms with E-state index in [1.165, 1.54) is 34.0 Å². The average molecular weight is 645 g/mol. The number of aromatic amines is 1. The highest BCUT2D eigenvalue weighted by Gasteiger charge is 2.29. The highest BCUT2D eigenvalue weighted by Crippen LogP contribution is 2.38. The largest absolute Gasteiger partial charge is 0.477 e. The van der Waals surface area contributed by atoms with Crippen LogP contribution in [0.25, 0.3) is 10.9 Å². The van der Waals surface area contributed by atoms with Gasteiger partial charge in [-0.25, -0.2) is 14.0 Å². The van der Waals surface area contributed by atoms with Crippen LogP contribution in [0, 0.1) is 12.7 Å². The highest BCUT2D eigenvalue weighted by atomic mass is 19.1. The normalized spacial score (nSPS) is 16.2. The number of halogens is 1. The van der Waals surface area contributed by atoms with Gasteiger partial charge in [0.05, 0.1) is 11.2 Å². The Kier molecular flexibility index (Phi) is 9.31. The minimum absolute atomic E-state index is 0.0940. The first-order valence-electron chi connectivity index (χ1n) is 16.4. The van der Waals surface area contributed by atoms with Crippen LogP contribution in [0.15, 0.2) is 57.0 Å². The molecule has 2 fully saturated rings. The van der Waals surface area contributed by atoms with E-state index in [2.05, 4.69) is 29.5 Å². The van der Waals surface area contributed by atoms with Gasteiger partial charge in [0.25, 0.3) is 5.56 Å². The van der Waals surface area contributed by atoms with Gasteiger partial charge in [-0.15, -0.1) is 0 Å². The van der Waals surface area contributed by atoms with Gasteiger partial charge in [0, 0.05) is 55.1 Å². The first kappa shape index (κ1) is 32.2. The van der Waals surface area contributed by atoms with Gasteiger partial charge in [-0.1, -0.05) is 19.4 Å². The van der Waals surface area contributed by atoms with Gasteiger partial charge >= 0.3 is 11.7 Å². The number of carbonyl (C=O) groups is 1. The number of rotatable bonds is 13. The molecule has 2 aliphatic rings. The summed E-state index contributed by atoms with van der Waals surface area (Å²) in [5.74, 6) is -1.47. The quantitative estimate of drug-likeness (QED) is 0.154. The van der Waals surface area contributed by atoms with Crippen molar-refractivity contribution in [1.82, 2.24) is 19.4 Å². The van der Waals surface area contributed by atoms with Crippen LogP contribution in [-0.4, -0.2) is 50.9 Å². The number of unbranched alkanes of at least 4 members (excludes halogenated alkanes) is 2. The molecule has 2 aromatic heterocycles. The molecule has 0 bridgehead atoms. The van der Waals surface area contributed by atoms with E-state index in [0.29, 0.717) is 43.1 Å². The molecule has 4 aromatic rings. The summed E-state index contributed by atoms with van der Waals surface area (Å²) in [5, 5.41) is 16.3. The Morgan fingerprint density at radius 3 is 2.60 bits per heavy atom. The molecule has 1 saturated heterocycles. The van der Waals surface area contributed by atoms with Crippen LogP contribution in [0.4, 0.5) is 21.6 Å². The molecule has 248 valence electrons. The zero-order valence-electron chi connectivity index (χ0n) is 26.8. The van der Waals surface area contributed by atoms with Gasteiger partial charge in [0.2, 0.25) is 5.43 Å². The Hall–Kier alpha value is -4.71. The lowest BCUT2D eigenvalue weighted by atomic mass is 10.1. The third-order valence-corrected chi connectivity index (χ3v) is 9.32. The number of fused-ring (bicyclic) bond motifs is 1. The van der Waals surface area contributed by atoms with Gasteiger partial charge in [-0.2, -0.15) is 0 Å². The molecule has 1 atom stereocenters. The molecule has 1 unspecified atom stereocenters. The number of carboxylic acids is 1. The van der Waals surface area contributed by atoms with Crippen molar-refractivity contribution in [2.45, 2.75) is 77.4 Å². The van der Waals surface area contributed by atoms with Crippen molar-refractivity contribution in [2.75, 3.05) is 29.9 Å². The number of H-pyrrole nitrogens is 1. The van der Waals surface area contributed by atoms with Crippen LogP contribution in [0.5, 0.6) is 0 Å². The second-order valence-corrected chi connectivity index (χ2v) is 12.7. The number of aryl methyl sites for hydroxylation is 2. The highest BCUT2D eigenvalue weighted by molar-refractivity contribution is 5.93. The molecule has 11 nitrogen and oxygen atoms in total. The summed E-state index contributed by atoms with van der Waals surface area (Å²) in [4.78, 5) is 54.5. The maximum absolute atomic E-state index is 15.3. The number of hydrogen-bond acceptors (Lipinski definition) is 7. The smallest absolute Gasteiger partial charge is 0.341 e. The molecule has 0 radical (unpaired) electrons. The Balaban J connectivity index is 0.994. The van der Waals surface area contributed by atoms with E-state index in [4.69, 9.17) is 0 Å². The number of hydrogen-bond donors (Lipinski definition) is 4. The summed E-state index contributed by atoms with van der Waals surface area (Å²) < 4.78 is 18.3. The van der Waals surface area contributed by atoms with Crippen LogP contribution in [0.1, 0.15) is 73.0 Å². The van der Waals surface area contributed by atoms with E-state index in [1.54, 1.807) is 6.07 Å². The lowest BCUT2D eigenvalue weighted by molar-refractivity contribution is 0.0695. The number of nitrogens with zero attached hydrogens (tertiary/aromatic N) is 3. The van der Waals surface area contributed by atoms with Gasteiger partial charge < -0.3 is 25.2 Å². The van der Waals surface area contributed by atoms with Crippen molar-refractivity contribution in [3.63, 3.8) is 0 Å². The maximum Gasteiger partial charge on any atom is 0.341 e. The molecular weight excluding hydrogens is 603 g/mol. The summed E-state index contributed by atoms with van der Waals surface area (Å²) in [6.45, 7) is 6.48. The van der Waals surface area contributed by atoms with E-state index < -0.39 is 22.9 Å². The molecule has 1 saturated carbocycles. The molecule has 4 N–H and O–H groups in total. The fourth-order valence-corrected chi connectivity index (χ4v) is 6.52. The molecular formula is C35H41FN6O5. The number of aromatic nitrogens is 3. The molecule has 12 heteroatoms. The van der Waals surface area contributed by atoms with E-state index in [9.17, 15) is 24.3 Å². The van der Waals surface area contributed by atoms with Crippen molar-refractivity contribution in [3.8, 4) is 0 Å². The van der Waals surface area contributed by atoms with Crippen molar-refractivity contribution in [3.05, 3.63) is 96.2 Å². The molecule has 1 aliphatic carbocycles. The first-order chi connectivity index (χ1) is 22.6. The van der Waals surface area contributed by atoms with Crippen LogP contribution >= 0.6 is 0 Å². The van der Waals surface area contributed by atoms with E-state index in [-0.39, 0.29) is 28.6 Å². The summed E-state index contributed by atoms with van der Waals surface area (Å²) in [6.07, 6.45) is 7.28. The number of carboxylic acid groups (broad SMARTS) is 1. The zero-order valence-corrected chi connectivity index (χ0v) is 26.8. The van der Waals surface area contributed by atoms with Crippen LogP contribution in [-0.2, 0) is 13.0 Å². The zero-order chi connectivity index (χ0) is 33.2. The molecule has 0 amide bonds. The Morgan fingerprint density at radius 1 is 1.06 bits per heavy atom. The van der Waals surface area contributed by atoms with E-state index >= 15 is 4.39 Å². The van der Waals surface area contributed by atoms with Crippen LogP contribution in [0.3, 0.4) is 0 Å². The second kappa shape index (κ2) is 13.6. The summed E-state index contributed by atoms with van der Waals surface area (Å²) in [6, 6.07) is 10.5. The van der Waals surface area contributed by atoms with Gasteiger partial charge in [-0.3, -0.25) is 19.1 Å². The van der Waals surface area contributed by atoms with Crippen LogP contribution < -0.4 is 32.2 Å². The van der Waals surface area contributed by atoms with E-state index in [0.717, 1.165) is 50.8 Å². The maximum atomic E-state index is 15.3. The molecule has 0 spiro atoms. The Morgan fingerprint density at radius 2 is 1.87 bits per heavy atom. The minimum Gasteiger partial charge on any atom is -0.477 e. The van der Waals surface area contributed by atoms with Crippen molar-refractivity contribution in [2.24, 2.45) is 0 Å². The first-order valence-corrected chi connectivity index (χ1v) is 16.4. The monoisotopic (exact) mass is 644 g/mol. The van der Waals surface area contributed by atoms with Gasteiger partial charge in [0.1, 0.15) is 17.2 Å². The van der Waals surface area contributed by atoms with E-state index in [1.807, 2.05) is 27.7 Å². The van der Waals surface area contributed by atoms with Crippen molar-refractivity contribution < 1.29 is 14.3 Å². The summed E-state index contributed by atoms with van der Waals surface area (Å²) >= 11 is 0. The minimum atomic E-state index is -1.31. The molecule has 6 rings (SSSR count). The fraction of sp³-hybridized carbons (Fsp3) is 0.429.